The lowest BCUT2D eigenvalue weighted by atomic mass is 9.96. The predicted molar refractivity (Wildman–Crippen MR) is 90.5 cm³/mol. The van der Waals surface area contributed by atoms with E-state index in [1.807, 2.05) is 30.3 Å². The Hall–Kier alpha value is -1.77. The molecule has 1 fully saturated rings. The standard InChI is InChI=1S/C18H25NO6/c1-3-9-23-18-15(19-12(2)21)17(16(22)14(10-20)25-18)24-11-13-7-5-4-6-8-13/h3-8,14-18,20,22H,1,9-11H2,2H3,(H,19,21)/t14?,15?,16-,17?,18-/m1/s1. The summed E-state index contributed by atoms with van der Waals surface area (Å²) in [5, 5.41) is 22.7. The van der Waals surface area contributed by atoms with E-state index >= 15 is 0 Å². The molecule has 0 spiro atoms. The molecule has 1 heterocycles. The van der Waals surface area contributed by atoms with E-state index in [4.69, 9.17) is 14.2 Å². The van der Waals surface area contributed by atoms with Crippen LogP contribution >= 0.6 is 0 Å². The van der Waals surface area contributed by atoms with Crippen molar-refractivity contribution in [3.63, 3.8) is 0 Å². The van der Waals surface area contributed by atoms with Gasteiger partial charge in [0.25, 0.3) is 0 Å². The summed E-state index contributed by atoms with van der Waals surface area (Å²) >= 11 is 0. The first-order valence-electron chi connectivity index (χ1n) is 8.16. The van der Waals surface area contributed by atoms with Crippen LogP contribution in [-0.4, -0.2) is 60.0 Å². The van der Waals surface area contributed by atoms with E-state index in [1.54, 1.807) is 6.08 Å². The van der Waals surface area contributed by atoms with Crippen LogP contribution in [0.5, 0.6) is 0 Å². The van der Waals surface area contributed by atoms with Gasteiger partial charge >= 0.3 is 0 Å². The second kappa shape index (κ2) is 9.65. The lowest BCUT2D eigenvalue weighted by molar-refractivity contribution is -0.275. The van der Waals surface area contributed by atoms with Gasteiger partial charge < -0.3 is 29.7 Å². The van der Waals surface area contributed by atoms with Crippen LogP contribution in [0.2, 0.25) is 0 Å². The normalized spacial score (nSPS) is 29.2. The number of ether oxygens (including phenoxy) is 3. The van der Waals surface area contributed by atoms with Gasteiger partial charge in [0, 0.05) is 6.92 Å². The SMILES string of the molecule is C=CCO[C@@H]1OC(CO)[C@@H](O)C(OCc2ccccc2)C1NC(C)=O. The lowest BCUT2D eigenvalue weighted by Gasteiger charge is -2.44. The minimum absolute atomic E-state index is 0.195. The molecule has 1 aliphatic rings. The molecule has 7 heteroatoms. The molecule has 2 rings (SSSR count). The van der Waals surface area contributed by atoms with Gasteiger partial charge in [0.15, 0.2) is 6.29 Å². The summed E-state index contributed by atoms with van der Waals surface area (Å²) < 4.78 is 17.0. The van der Waals surface area contributed by atoms with E-state index in [0.717, 1.165) is 5.56 Å². The highest BCUT2D eigenvalue weighted by molar-refractivity contribution is 5.73. The first-order valence-corrected chi connectivity index (χ1v) is 8.16. The van der Waals surface area contributed by atoms with Gasteiger partial charge in [-0.05, 0) is 5.56 Å². The molecule has 3 unspecified atom stereocenters. The van der Waals surface area contributed by atoms with Crippen LogP contribution in [0.25, 0.3) is 0 Å². The quantitative estimate of drug-likeness (QED) is 0.585. The number of rotatable bonds is 8. The van der Waals surface area contributed by atoms with Gasteiger partial charge in [-0.15, -0.1) is 6.58 Å². The largest absolute Gasteiger partial charge is 0.394 e. The summed E-state index contributed by atoms with van der Waals surface area (Å²) in [5.74, 6) is -0.302. The predicted octanol–water partition coefficient (Wildman–Crippen LogP) is 0.357. The summed E-state index contributed by atoms with van der Waals surface area (Å²) in [6.07, 6.45) is -2.12. The fourth-order valence-corrected chi connectivity index (χ4v) is 2.73. The van der Waals surface area contributed by atoms with Crippen LogP contribution in [0.15, 0.2) is 43.0 Å². The summed E-state index contributed by atoms with van der Waals surface area (Å²) in [6.45, 7) is 4.99. The molecule has 0 aliphatic carbocycles. The van der Waals surface area contributed by atoms with Gasteiger partial charge in [0.05, 0.1) is 19.8 Å². The molecule has 138 valence electrons. The van der Waals surface area contributed by atoms with Gasteiger partial charge in [0.2, 0.25) is 5.91 Å². The molecule has 1 saturated heterocycles. The van der Waals surface area contributed by atoms with Crippen molar-refractivity contribution < 1.29 is 29.2 Å². The number of carbonyl (C=O) groups excluding carboxylic acids is 1. The zero-order valence-corrected chi connectivity index (χ0v) is 14.2. The Kier molecular flexibility index (Phi) is 7.54. The zero-order valence-electron chi connectivity index (χ0n) is 14.2. The second-order valence-electron chi connectivity index (χ2n) is 5.83. The average Bonchev–Trinajstić information content (AvgIpc) is 2.61. The zero-order chi connectivity index (χ0) is 18.2. The third-order valence-corrected chi connectivity index (χ3v) is 3.89. The van der Waals surface area contributed by atoms with Gasteiger partial charge in [-0.25, -0.2) is 0 Å². The maximum atomic E-state index is 11.6. The number of nitrogens with one attached hydrogen (secondary N) is 1. The Labute approximate surface area is 147 Å². The van der Waals surface area contributed by atoms with E-state index < -0.39 is 37.3 Å². The molecular weight excluding hydrogens is 326 g/mol. The van der Waals surface area contributed by atoms with Crippen molar-refractivity contribution >= 4 is 5.91 Å². The topological polar surface area (TPSA) is 97.2 Å². The molecule has 3 N–H and O–H groups in total. The Bertz CT molecular complexity index is 552. The van der Waals surface area contributed by atoms with Crippen molar-refractivity contribution in [3.8, 4) is 0 Å². The second-order valence-corrected chi connectivity index (χ2v) is 5.83. The summed E-state index contributed by atoms with van der Waals surface area (Å²) in [6, 6.07) is 8.74. The van der Waals surface area contributed by atoms with Crippen LogP contribution < -0.4 is 5.32 Å². The van der Waals surface area contributed by atoms with E-state index in [9.17, 15) is 15.0 Å². The fraction of sp³-hybridized carbons (Fsp3) is 0.500. The first kappa shape index (κ1) is 19.6. The molecule has 5 atom stereocenters. The van der Waals surface area contributed by atoms with Crippen molar-refractivity contribution in [3.05, 3.63) is 48.6 Å². The first-order chi connectivity index (χ1) is 12.1. The average molecular weight is 351 g/mol. The molecule has 0 saturated carbocycles. The van der Waals surface area contributed by atoms with Crippen LogP contribution in [0.4, 0.5) is 0 Å². The van der Waals surface area contributed by atoms with Gasteiger partial charge in [-0.3, -0.25) is 4.79 Å². The van der Waals surface area contributed by atoms with Gasteiger partial charge in [0.1, 0.15) is 24.4 Å². The highest BCUT2D eigenvalue weighted by atomic mass is 16.7. The lowest BCUT2D eigenvalue weighted by Crippen LogP contribution is -2.65. The third kappa shape index (κ3) is 5.35. The molecule has 0 bridgehead atoms. The highest BCUT2D eigenvalue weighted by Crippen LogP contribution is 2.25. The monoisotopic (exact) mass is 351 g/mol. The molecule has 0 radical (unpaired) electrons. The Morgan fingerprint density at radius 2 is 2.08 bits per heavy atom. The number of carbonyl (C=O) groups is 1. The number of hydrogen-bond acceptors (Lipinski definition) is 6. The van der Waals surface area contributed by atoms with Crippen molar-refractivity contribution in [1.29, 1.82) is 0 Å². The smallest absolute Gasteiger partial charge is 0.217 e. The van der Waals surface area contributed by atoms with Gasteiger partial charge in [-0.1, -0.05) is 36.4 Å². The number of hydrogen-bond donors (Lipinski definition) is 3. The van der Waals surface area contributed by atoms with Crippen molar-refractivity contribution in [2.45, 2.75) is 44.2 Å². The summed E-state index contributed by atoms with van der Waals surface area (Å²) in [4.78, 5) is 11.6. The number of aliphatic hydroxyl groups excluding tert-OH is 2. The summed E-state index contributed by atoms with van der Waals surface area (Å²) in [7, 11) is 0. The van der Waals surface area contributed by atoms with E-state index in [-0.39, 0.29) is 19.1 Å². The molecule has 1 aromatic rings. The fourth-order valence-electron chi connectivity index (χ4n) is 2.73. The van der Waals surface area contributed by atoms with E-state index in [1.165, 1.54) is 6.92 Å². The Balaban J connectivity index is 2.17. The van der Waals surface area contributed by atoms with Crippen molar-refractivity contribution in [1.82, 2.24) is 5.32 Å². The number of benzene rings is 1. The van der Waals surface area contributed by atoms with Crippen molar-refractivity contribution in [2.24, 2.45) is 0 Å². The molecule has 1 aromatic carbocycles. The number of aliphatic hydroxyl groups is 2. The van der Waals surface area contributed by atoms with Crippen LogP contribution in [-0.2, 0) is 25.6 Å². The van der Waals surface area contributed by atoms with E-state index in [0.29, 0.717) is 0 Å². The Morgan fingerprint density at radius 3 is 2.68 bits per heavy atom. The number of amides is 1. The minimum Gasteiger partial charge on any atom is -0.394 e. The third-order valence-electron chi connectivity index (χ3n) is 3.89. The molecule has 25 heavy (non-hydrogen) atoms. The Morgan fingerprint density at radius 1 is 1.36 bits per heavy atom. The molecule has 1 amide bonds. The highest BCUT2D eigenvalue weighted by Gasteiger charge is 2.46. The molecular formula is C18H25NO6. The maximum Gasteiger partial charge on any atom is 0.217 e. The van der Waals surface area contributed by atoms with Gasteiger partial charge in [-0.2, -0.15) is 0 Å². The summed E-state index contributed by atoms with van der Waals surface area (Å²) in [5.41, 5.74) is 0.923. The van der Waals surface area contributed by atoms with Crippen LogP contribution in [0, 0.1) is 0 Å². The van der Waals surface area contributed by atoms with Crippen molar-refractivity contribution in [2.75, 3.05) is 13.2 Å². The molecule has 0 aromatic heterocycles. The minimum atomic E-state index is -1.12. The van der Waals surface area contributed by atoms with Crippen LogP contribution in [0.1, 0.15) is 12.5 Å². The maximum absolute atomic E-state index is 11.6. The molecule has 1 aliphatic heterocycles. The van der Waals surface area contributed by atoms with Crippen LogP contribution in [0.3, 0.4) is 0 Å². The molecule has 7 nitrogen and oxygen atoms in total. The van der Waals surface area contributed by atoms with E-state index in [2.05, 4.69) is 11.9 Å².